The Bertz CT molecular complexity index is 1140. The number of benzene rings is 2. The standard InChI is InChI=1S/C24H32N4O2S.HI/c1-4-19-7-6-8-22-20(17-28-23(19)22)14-16-27-24(25-5-2)26-15-13-18-9-11-21(12-10-18)31(3,29)30;/h6-12,17,28H,4-5,13-16H2,1-3H3,(H2,25,26,27);1H. The van der Waals surface area contributed by atoms with Gasteiger partial charge in [-0.3, -0.25) is 4.99 Å². The van der Waals surface area contributed by atoms with Crippen LogP contribution in [0.3, 0.4) is 0 Å². The number of hydrogen-bond acceptors (Lipinski definition) is 3. The minimum atomic E-state index is -3.15. The second kappa shape index (κ2) is 12.2. The van der Waals surface area contributed by atoms with E-state index in [0.29, 0.717) is 11.4 Å². The second-order valence-corrected chi connectivity index (χ2v) is 9.63. The number of aliphatic imine (C=N–C) groups is 1. The molecule has 0 saturated heterocycles. The van der Waals surface area contributed by atoms with E-state index in [0.717, 1.165) is 43.9 Å². The number of H-pyrrole nitrogens is 1. The van der Waals surface area contributed by atoms with Crippen molar-refractivity contribution in [3.8, 4) is 0 Å². The van der Waals surface area contributed by atoms with E-state index in [1.807, 2.05) is 19.1 Å². The number of nitrogens with one attached hydrogen (secondary N) is 3. The van der Waals surface area contributed by atoms with Crippen LogP contribution in [-0.4, -0.2) is 45.3 Å². The first-order chi connectivity index (χ1) is 14.9. The number of aromatic nitrogens is 1. The summed E-state index contributed by atoms with van der Waals surface area (Å²) < 4.78 is 23.1. The molecule has 8 heteroatoms. The summed E-state index contributed by atoms with van der Waals surface area (Å²) in [5.74, 6) is 0.796. The molecule has 3 N–H and O–H groups in total. The van der Waals surface area contributed by atoms with E-state index in [-0.39, 0.29) is 24.0 Å². The van der Waals surface area contributed by atoms with Crippen molar-refractivity contribution in [2.45, 2.75) is 38.0 Å². The summed E-state index contributed by atoms with van der Waals surface area (Å²) in [6.45, 7) is 6.43. The first-order valence-corrected chi connectivity index (χ1v) is 12.7. The molecular formula is C24H33IN4O2S. The molecule has 1 heterocycles. The van der Waals surface area contributed by atoms with Crippen LogP contribution < -0.4 is 10.6 Å². The SMILES string of the molecule is CCNC(=NCCc1c[nH]c2c(CC)cccc12)NCCc1ccc(S(C)(=O)=O)cc1.I. The molecule has 6 nitrogen and oxygen atoms in total. The highest BCUT2D eigenvalue weighted by molar-refractivity contribution is 14.0. The van der Waals surface area contributed by atoms with Gasteiger partial charge in [-0.2, -0.15) is 0 Å². The molecule has 174 valence electrons. The summed E-state index contributed by atoms with van der Waals surface area (Å²) in [4.78, 5) is 8.49. The van der Waals surface area contributed by atoms with Gasteiger partial charge in [0.1, 0.15) is 0 Å². The van der Waals surface area contributed by atoms with Gasteiger partial charge in [0.05, 0.1) is 4.90 Å². The normalized spacial score (nSPS) is 11.9. The molecular weight excluding hydrogens is 535 g/mol. The molecule has 0 bridgehead atoms. The first kappa shape index (κ1) is 26.2. The lowest BCUT2D eigenvalue weighted by Gasteiger charge is -2.11. The molecule has 0 fully saturated rings. The molecule has 1 aromatic heterocycles. The van der Waals surface area contributed by atoms with E-state index in [1.54, 1.807) is 12.1 Å². The van der Waals surface area contributed by atoms with Gasteiger partial charge < -0.3 is 15.6 Å². The van der Waals surface area contributed by atoms with E-state index < -0.39 is 9.84 Å². The van der Waals surface area contributed by atoms with Gasteiger partial charge in [0.2, 0.25) is 0 Å². The third kappa shape index (κ3) is 6.96. The molecule has 0 spiro atoms. The van der Waals surface area contributed by atoms with Crippen molar-refractivity contribution in [1.29, 1.82) is 0 Å². The van der Waals surface area contributed by atoms with Crippen molar-refractivity contribution in [3.63, 3.8) is 0 Å². The third-order valence-corrected chi connectivity index (χ3v) is 6.45. The van der Waals surface area contributed by atoms with Crippen LogP contribution in [0, 0.1) is 0 Å². The monoisotopic (exact) mass is 568 g/mol. The van der Waals surface area contributed by atoms with E-state index in [4.69, 9.17) is 4.99 Å². The molecule has 0 saturated carbocycles. The molecule has 0 aliphatic rings. The summed E-state index contributed by atoms with van der Waals surface area (Å²) in [6, 6.07) is 13.5. The smallest absolute Gasteiger partial charge is 0.191 e. The van der Waals surface area contributed by atoms with Gasteiger partial charge in [-0.1, -0.05) is 37.3 Å². The minimum absolute atomic E-state index is 0. The number of halogens is 1. The Labute approximate surface area is 208 Å². The molecule has 0 radical (unpaired) electrons. The predicted octanol–water partition coefficient (Wildman–Crippen LogP) is 4.09. The predicted molar refractivity (Wildman–Crippen MR) is 144 cm³/mol. The summed E-state index contributed by atoms with van der Waals surface area (Å²) in [5.41, 5.74) is 4.94. The Balaban J connectivity index is 0.00000363. The Morgan fingerprint density at radius 1 is 1.00 bits per heavy atom. The average molecular weight is 569 g/mol. The summed E-state index contributed by atoms with van der Waals surface area (Å²) in [6.07, 6.45) is 6.00. The fourth-order valence-corrected chi connectivity index (χ4v) is 4.27. The molecule has 3 rings (SSSR count). The highest BCUT2D eigenvalue weighted by Crippen LogP contribution is 2.22. The molecule has 0 unspecified atom stereocenters. The van der Waals surface area contributed by atoms with Crippen molar-refractivity contribution in [2.75, 3.05) is 25.9 Å². The fraction of sp³-hybridized carbons (Fsp3) is 0.375. The van der Waals surface area contributed by atoms with Crippen LogP contribution in [0.1, 0.15) is 30.5 Å². The van der Waals surface area contributed by atoms with Crippen LogP contribution in [0.15, 0.2) is 58.5 Å². The van der Waals surface area contributed by atoms with Gasteiger partial charge in [0.15, 0.2) is 15.8 Å². The minimum Gasteiger partial charge on any atom is -0.361 e. The number of rotatable bonds is 9. The Morgan fingerprint density at radius 3 is 2.41 bits per heavy atom. The highest BCUT2D eigenvalue weighted by atomic mass is 127. The van der Waals surface area contributed by atoms with Gasteiger partial charge in [-0.25, -0.2) is 8.42 Å². The van der Waals surface area contributed by atoms with Crippen molar-refractivity contribution in [2.24, 2.45) is 4.99 Å². The van der Waals surface area contributed by atoms with Gasteiger partial charge in [-0.15, -0.1) is 24.0 Å². The van der Waals surface area contributed by atoms with Crippen LogP contribution in [0.5, 0.6) is 0 Å². The number of nitrogens with zero attached hydrogens (tertiary/aromatic N) is 1. The van der Waals surface area contributed by atoms with Gasteiger partial charge in [0.25, 0.3) is 0 Å². The molecule has 2 aromatic carbocycles. The number of guanidine groups is 1. The zero-order chi connectivity index (χ0) is 22.3. The Hall–Kier alpha value is -2.07. The zero-order valence-corrected chi connectivity index (χ0v) is 22.1. The average Bonchev–Trinajstić information content (AvgIpc) is 3.17. The fourth-order valence-electron chi connectivity index (χ4n) is 3.64. The van der Waals surface area contributed by atoms with Crippen molar-refractivity contribution < 1.29 is 8.42 Å². The largest absolute Gasteiger partial charge is 0.361 e. The molecule has 3 aromatic rings. The van der Waals surface area contributed by atoms with Gasteiger partial charge in [-0.05, 0) is 55.0 Å². The lowest BCUT2D eigenvalue weighted by atomic mass is 10.1. The number of sulfone groups is 1. The Morgan fingerprint density at radius 2 is 1.75 bits per heavy atom. The van der Waals surface area contributed by atoms with Crippen molar-refractivity contribution >= 4 is 50.7 Å². The van der Waals surface area contributed by atoms with Crippen LogP contribution in [0.2, 0.25) is 0 Å². The lowest BCUT2D eigenvalue weighted by Crippen LogP contribution is -2.38. The van der Waals surface area contributed by atoms with Crippen molar-refractivity contribution in [3.05, 3.63) is 65.4 Å². The third-order valence-electron chi connectivity index (χ3n) is 5.32. The number of para-hydroxylation sites is 1. The zero-order valence-electron chi connectivity index (χ0n) is 18.9. The topological polar surface area (TPSA) is 86.3 Å². The van der Waals surface area contributed by atoms with Crippen LogP contribution in [0.4, 0.5) is 0 Å². The maximum absolute atomic E-state index is 11.6. The summed E-state index contributed by atoms with van der Waals surface area (Å²) >= 11 is 0. The van der Waals surface area contributed by atoms with E-state index >= 15 is 0 Å². The Kier molecular flexibility index (Phi) is 10.0. The maximum Gasteiger partial charge on any atom is 0.191 e. The van der Waals surface area contributed by atoms with Crippen LogP contribution in [0.25, 0.3) is 10.9 Å². The van der Waals surface area contributed by atoms with E-state index in [2.05, 4.69) is 46.9 Å². The quantitative estimate of drug-likeness (QED) is 0.206. The van der Waals surface area contributed by atoms with Crippen molar-refractivity contribution in [1.82, 2.24) is 15.6 Å². The molecule has 0 aliphatic carbocycles. The lowest BCUT2D eigenvalue weighted by molar-refractivity contribution is 0.602. The number of hydrogen-bond donors (Lipinski definition) is 3. The number of fused-ring (bicyclic) bond motifs is 1. The van der Waals surface area contributed by atoms with E-state index in [1.165, 1.54) is 28.3 Å². The van der Waals surface area contributed by atoms with E-state index in [9.17, 15) is 8.42 Å². The van der Waals surface area contributed by atoms with Gasteiger partial charge in [0, 0.05) is 43.0 Å². The second-order valence-electron chi connectivity index (χ2n) is 7.61. The van der Waals surface area contributed by atoms with Crippen LogP contribution in [-0.2, 0) is 29.1 Å². The van der Waals surface area contributed by atoms with Crippen LogP contribution >= 0.6 is 24.0 Å². The highest BCUT2D eigenvalue weighted by Gasteiger charge is 2.07. The summed E-state index contributed by atoms with van der Waals surface area (Å²) in [5, 5.41) is 7.93. The molecule has 32 heavy (non-hydrogen) atoms. The number of aromatic amines is 1. The summed E-state index contributed by atoms with van der Waals surface area (Å²) in [7, 11) is -3.15. The molecule has 0 atom stereocenters. The molecule has 0 amide bonds. The van der Waals surface area contributed by atoms with Gasteiger partial charge >= 0.3 is 0 Å². The first-order valence-electron chi connectivity index (χ1n) is 10.8. The molecule has 0 aliphatic heterocycles. The number of aryl methyl sites for hydroxylation is 1. The maximum atomic E-state index is 11.6.